The summed E-state index contributed by atoms with van der Waals surface area (Å²) in [6.45, 7) is 18.3. The van der Waals surface area contributed by atoms with Crippen LogP contribution in [0, 0.1) is 26.2 Å². The summed E-state index contributed by atoms with van der Waals surface area (Å²) in [6.07, 6.45) is 5.58. The van der Waals surface area contributed by atoms with Crippen LogP contribution >= 0.6 is 0 Å². The molecule has 5 aromatic heterocycles. The number of imidazole rings is 3. The SMILES string of the molecule is Cc1nc(C(C)(C)O)c(NC=O)n1Cc1ccc(-c2cc(Cc3ccc(O)cc3)ccc2-c2nn[nH]n2)cc1.Cc1nc(C(C)(C)O)cn1Cc1ccc(-c2cc(Cc3ccc(O)cc3)ccc2C(=N)N)cc1.Cc1nc(C(C)C)c(NC=O)n1Cc1ccc(-c2cc(Cc3ccc(O)cc3)ccc2-c2nn[nH]n2)cc1.NN.O=C=O. The van der Waals surface area contributed by atoms with Crippen LogP contribution in [0.1, 0.15) is 138 Å². The van der Waals surface area contributed by atoms with Crippen molar-refractivity contribution in [2.75, 3.05) is 10.6 Å². The average Bonchev–Trinajstić information content (AvgIpc) is 1.50. The third-order valence-corrected chi connectivity index (χ3v) is 19.0. The molecule has 0 aliphatic carbocycles. The number of amidine groups is 1. The van der Waals surface area contributed by atoms with Gasteiger partial charge in [0, 0.05) is 29.4 Å². The number of amides is 2. The molecule has 0 aliphatic heterocycles. The summed E-state index contributed by atoms with van der Waals surface area (Å²) < 4.78 is 5.93. The van der Waals surface area contributed by atoms with Crippen LogP contribution in [0.2, 0.25) is 0 Å². The minimum absolute atomic E-state index is 0.0310. The second-order valence-electron chi connectivity index (χ2n) is 28.7. The van der Waals surface area contributed by atoms with Crippen LogP contribution in [-0.2, 0) is 69.3 Å². The molecule has 0 aliphatic rings. The number of nitrogens with zero attached hydrogens (tertiary/aromatic N) is 12. The summed E-state index contributed by atoms with van der Waals surface area (Å²) in [5.74, 6) is 13.6. The average molecular weight is 1560 g/mol. The van der Waals surface area contributed by atoms with E-state index in [1.807, 2.05) is 144 Å². The lowest BCUT2D eigenvalue weighted by molar-refractivity contribution is -0.191. The number of hydrogen-bond donors (Lipinski definition) is 13. The largest absolute Gasteiger partial charge is 0.508 e. The number of hydrogen-bond acceptors (Lipinski definition) is 21. The highest BCUT2D eigenvalue weighted by Gasteiger charge is 2.28. The van der Waals surface area contributed by atoms with Gasteiger partial charge in [-0.25, -0.2) is 15.0 Å². The van der Waals surface area contributed by atoms with Crippen molar-refractivity contribution >= 4 is 36.4 Å². The molecule has 0 saturated carbocycles. The molecule has 2 amide bonds. The number of aromatic amines is 2. The van der Waals surface area contributed by atoms with Gasteiger partial charge in [0.05, 0.1) is 24.5 Å². The molecule has 14 rings (SSSR count). The number of rotatable bonds is 25. The minimum Gasteiger partial charge on any atom is -0.508 e. The number of aliphatic hydroxyl groups is 2. The zero-order chi connectivity index (χ0) is 83.4. The Labute approximate surface area is 669 Å². The Morgan fingerprint density at radius 2 is 0.845 bits per heavy atom. The fraction of sp³-hybridized carbons (Fsp3) is 0.207. The second kappa shape index (κ2) is 38.3. The van der Waals surface area contributed by atoms with E-state index in [4.69, 9.17) is 20.7 Å². The number of aryl methyl sites for hydroxylation is 3. The summed E-state index contributed by atoms with van der Waals surface area (Å²) in [4.78, 5) is 52.5. The topological polar surface area (TPSA) is 458 Å². The Hall–Kier alpha value is -14.2. The number of carbonyl (C=O) groups is 2. The number of aromatic hydroxyl groups is 3. The summed E-state index contributed by atoms with van der Waals surface area (Å²) in [7, 11) is 0. The third kappa shape index (κ3) is 21.5. The first-order chi connectivity index (χ1) is 55.7. The van der Waals surface area contributed by atoms with Gasteiger partial charge in [0.15, 0.2) is 0 Å². The van der Waals surface area contributed by atoms with E-state index >= 15 is 0 Å². The number of nitrogen functional groups attached to an aromatic ring is 1. The Kier molecular flexibility index (Phi) is 27.8. The lowest BCUT2D eigenvalue weighted by atomic mass is 9.93. The minimum atomic E-state index is -1.21. The summed E-state index contributed by atoms with van der Waals surface area (Å²) >= 11 is 0. The van der Waals surface area contributed by atoms with E-state index in [9.17, 15) is 35.1 Å². The maximum Gasteiger partial charge on any atom is 0.373 e. The highest BCUT2D eigenvalue weighted by atomic mass is 16.3. The van der Waals surface area contributed by atoms with Crippen molar-refractivity contribution in [1.29, 1.82) is 5.41 Å². The molecule has 0 fully saturated rings. The van der Waals surface area contributed by atoms with Gasteiger partial charge in [-0.05, 0) is 204 Å². The first-order valence-electron chi connectivity index (χ1n) is 36.9. The van der Waals surface area contributed by atoms with Crippen LogP contribution in [0.15, 0.2) is 206 Å². The number of tetrazole rings is 2. The number of nitrogens with one attached hydrogen (secondary N) is 5. The van der Waals surface area contributed by atoms with Crippen molar-refractivity contribution in [3.05, 3.63) is 297 Å². The molecule has 0 radical (unpaired) electrons. The summed E-state index contributed by atoms with van der Waals surface area (Å²) in [5.41, 5.74) is 23.7. The van der Waals surface area contributed by atoms with Gasteiger partial charge in [0.1, 0.15) is 69.1 Å². The molecule has 5 heterocycles. The zero-order valence-electron chi connectivity index (χ0n) is 65.6. The van der Waals surface area contributed by atoms with Crippen molar-refractivity contribution in [2.24, 2.45) is 17.4 Å². The fourth-order valence-corrected chi connectivity index (χ4v) is 13.2. The number of nitrogens with two attached hydrogens (primary N) is 3. The van der Waals surface area contributed by atoms with Gasteiger partial charge in [-0.15, -0.1) is 20.4 Å². The van der Waals surface area contributed by atoms with Crippen molar-refractivity contribution < 1.29 is 44.7 Å². The Morgan fingerprint density at radius 1 is 0.483 bits per heavy atom. The Morgan fingerprint density at radius 3 is 1.22 bits per heavy atom. The molecule has 9 aromatic carbocycles. The van der Waals surface area contributed by atoms with Gasteiger partial charge in [0.25, 0.3) is 0 Å². The van der Waals surface area contributed by atoms with Crippen molar-refractivity contribution in [2.45, 2.75) is 118 Å². The summed E-state index contributed by atoms with van der Waals surface area (Å²) in [5, 5.41) is 92.4. The normalized spacial score (nSPS) is 11.0. The predicted molar refractivity (Wildman–Crippen MR) is 441 cm³/mol. The Balaban J connectivity index is 0.000000179. The molecule has 14 aromatic rings. The maximum absolute atomic E-state index is 11.3. The second-order valence-corrected chi connectivity index (χ2v) is 28.7. The molecule has 16 N–H and O–H groups in total. The van der Waals surface area contributed by atoms with E-state index in [2.05, 4.69) is 153 Å². The van der Waals surface area contributed by atoms with Gasteiger partial charge in [-0.2, -0.15) is 20.0 Å². The number of anilines is 2. The number of phenols is 3. The van der Waals surface area contributed by atoms with Gasteiger partial charge in [-0.1, -0.05) is 178 Å². The zero-order valence-corrected chi connectivity index (χ0v) is 65.6. The molecule has 0 bridgehead atoms. The van der Waals surface area contributed by atoms with Crippen molar-refractivity contribution in [3.63, 3.8) is 0 Å². The number of H-pyrrole nitrogens is 2. The van der Waals surface area contributed by atoms with Crippen LogP contribution in [0.3, 0.4) is 0 Å². The fourth-order valence-electron chi connectivity index (χ4n) is 13.2. The van der Waals surface area contributed by atoms with Crippen LogP contribution in [0.5, 0.6) is 17.2 Å². The van der Waals surface area contributed by atoms with Gasteiger partial charge < -0.3 is 55.6 Å². The molecule has 0 atom stereocenters. The third-order valence-electron chi connectivity index (χ3n) is 19.0. The first kappa shape index (κ1) is 84.2. The first-order valence-corrected chi connectivity index (χ1v) is 36.9. The van der Waals surface area contributed by atoms with Gasteiger partial charge in [-0.3, -0.25) is 26.7 Å². The molecular weight excluding hydrogens is 1470 g/mol. The smallest absolute Gasteiger partial charge is 0.373 e. The molecule has 0 spiro atoms. The van der Waals surface area contributed by atoms with Crippen molar-refractivity contribution in [1.82, 2.24) is 69.9 Å². The number of hydrazine groups is 1. The lowest BCUT2D eigenvalue weighted by Gasteiger charge is -2.17. The van der Waals surface area contributed by atoms with Crippen LogP contribution in [0.4, 0.5) is 11.6 Å². The van der Waals surface area contributed by atoms with Crippen LogP contribution in [-0.4, -0.2) is 120 Å². The van der Waals surface area contributed by atoms with Crippen LogP contribution < -0.4 is 28.1 Å². The van der Waals surface area contributed by atoms with Gasteiger partial charge >= 0.3 is 6.15 Å². The summed E-state index contributed by atoms with van der Waals surface area (Å²) in [6, 6.07) is 64.6. The molecule has 594 valence electrons. The molecule has 0 saturated heterocycles. The number of aromatic nitrogens is 14. The van der Waals surface area contributed by atoms with E-state index < -0.39 is 11.2 Å². The van der Waals surface area contributed by atoms with E-state index in [-0.39, 0.29) is 35.2 Å². The molecule has 116 heavy (non-hydrogen) atoms. The molecule has 29 nitrogen and oxygen atoms in total. The number of carbonyl (C=O) groups excluding carboxylic acids is 4. The standard InChI is InChI=1S/C29H29N7O3.C29H29N7O2.C28H30N4O2.CO2.H4N2/c1-18-31-26(29(2,3)39)28(30-17-37)36(18)16-20-4-9-22(10-5-20)25-15-21(14-19-6-11-23(38)12-7-19)8-13-24(25)27-32-34-35-33-27;1-18(2)27-29(30-17-37)36(19(3)31-27)16-21-4-9-23(10-5-21)26-15-22(14-20-6-11-24(38)12-7-20)8-13-25(26)28-32-34-35-33-28;1-18-31-26(28(2,3)34)17-32(18)16-20-4-9-22(10-5-20)25-15-21(8-13-24(25)27(29)30)14-19-6-11-23(33)12-7-19;2-1-3;1-2/h4-13,15,17,38-39H,14,16H2,1-3H3,(H,30,37)(H,32,33,34,35);4-13,15,17-18,38H,14,16H2,1-3H3,(H,30,37)(H,32,33,34,35);4-13,15,17,33-34H,14,16H2,1-3H3,(H3,29,30);;1-2H2. The highest BCUT2D eigenvalue weighted by Crippen LogP contribution is 2.37. The van der Waals surface area contributed by atoms with Crippen molar-refractivity contribution in [3.8, 4) is 73.4 Å². The quantitative estimate of drug-likeness (QED) is 0.00831. The Bertz CT molecular complexity index is 5650. The van der Waals surface area contributed by atoms with E-state index in [1.54, 1.807) is 64.1 Å². The maximum atomic E-state index is 11.3. The number of phenolic OH excluding ortho intramolecular Hbond substituents is 3. The predicted octanol–water partition coefficient (Wildman–Crippen LogP) is 12.2. The van der Waals surface area contributed by atoms with E-state index in [0.29, 0.717) is 85.5 Å². The van der Waals surface area contributed by atoms with Gasteiger partial charge in [0.2, 0.25) is 24.5 Å². The molecule has 29 heteroatoms. The van der Waals surface area contributed by atoms with E-state index in [0.717, 1.165) is 124 Å². The molecule has 0 unspecified atom stereocenters. The highest BCUT2D eigenvalue weighted by molar-refractivity contribution is 6.01. The monoisotopic (exact) mass is 1560 g/mol. The van der Waals surface area contributed by atoms with E-state index in [1.165, 1.54) is 0 Å². The van der Waals surface area contributed by atoms with Crippen LogP contribution in [0.25, 0.3) is 56.2 Å². The molecular formula is C87H92N20O9. The lowest BCUT2D eigenvalue weighted by Crippen LogP contribution is -2.19. The number of benzene rings is 9.